The maximum Gasteiger partial charge on any atom is 0.363 e. The first-order valence-corrected chi connectivity index (χ1v) is 6.90. The third-order valence-corrected chi connectivity index (χ3v) is 2.95. The zero-order chi connectivity index (χ0) is 17.4. The van der Waals surface area contributed by atoms with Crippen LogP contribution in [0.2, 0.25) is 0 Å². The Morgan fingerprint density at radius 3 is 1.33 bits per heavy atom. The lowest BCUT2D eigenvalue weighted by Gasteiger charge is -2.02. The van der Waals surface area contributed by atoms with Crippen LogP contribution in [0.1, 0.15) is 0 Å². The van der Waals surface area contributed by atoms with Crippen molar-refractivity contribution < 1.29 is 9.85 Å². The Morgan fingerprint density at radius 1 is 0.708 bits per heavy atom. The average molecular weight is 326 g/mol. The summed E-state index contributed by atoms with van der Waals surface area (Å²) in [6.45, 7) is 0. The van der Waals surface area contributed by atoms with Crippen LogP contribution in [0.5, 0.6) is 0 Å². The van der Waals surface area contributed by atoms with Crippen molar-refractivity contribution in [1.82, 2.24) is 0 Å². The molecule has 0 bridgehead atoms. The summed E-state index contributed by atoms with van der Waals surface area (Å²) in [7, 11) is 0. The van der Waals surface area contributed by atoms with Crippen LogP contribution >= 0.6 is 0 Å². The summed E-state index contributed by atoms with van der Waals surface area (Å²) in [6.07, 6.45) is 1.99. The smallest absolute Gasteiger partial charge is 0.356 e. The Kier molecular flexibility index (Phi) is 5.62. The highest BCUT2D eigenvalue weighted by Crippen LogP contribution is 2.15. The molecule has 2 aromatic rings. The molecule has 8 heteroatoms. The minimum absolute atomic E-state index is 0.579. The second-order valence-electron chi connectivity index (χ2n) is 4.59. The molecule has 8 nitrogen and oxygen atoms in total. The molecule has 2 N–H and O–H groups in total. The van der Waals surface area contributed by atoms with Gasteiger partial charge in [0.25, 0.3) is 0 Å². The molecule has 0 spiro atoms. The third kappa shape index (κ3) is 4.67. The van der Waals surface area contributed by atoms with Crippen LogP contribution in [0.3, 0.4) is 0 Å². The third-order valence-electron chi connectivity index (χ3n) is 2.95. The van der Waals surface area contributed by atoms with Gasteiger partial charge in [-0.1, -0.05) is 36.4 Å². The van der Waals surface area contributed by atoms with Gasteiger partial charge < -0.3 is 10.6 Å². The predicted molar refractivity (Wildman–Crippen MR) is 90.3 cm³/mol. The van der Waals surface area contributed by atoms with E-state index in [0.717, 1.165) is 12.4 Å². The summed E-state index contributed by atoms with van der Waals surface area (Å²) in [5, 5.41) is 27.8. The minimum Gasteiger partial charge on any atom is -0.356 e. The largest absolute Gasteiger partial charge is 0.363 e. The molecule has 0 saturated heterocycles. The first kappa shape index (κ1) is 16.7. The van der Waals surface area contributed by atoms with Crippen LogP contribution in [0.4, 0.5) is 11.4 Å². The van der Waals surface area contributed by atoms with E-state index in [0.29, 0.717) is 11.4 Å². The van der Waals surface area contributed by atoms with Crippen LogP contribution in [0.15, 0.2) is 84.5 Å². The Balaban J connectivity index is 2.27. The van der Waals surface area contributed by atoms with Crippen LogP contribution in [0, 0.1) is 20.2 Å². The van der Waals surface area contributed by atoms with E-state index in [-0.39, 0.29) is 0 Å². The van der Waals surface area contributed by atoms with Gasteiger partial charge in [0.15, 0.2) is 0 Å². The molecule has 0 atom stereocenters. The molecule has 0 radical (unpaired) electrons. The molecule has 122 valence electrons. The van der Waals surface area contributed by atoms with Gasteiger partial charge in [-0.2, -0.15) is 0 Å². The van der Waals surface area contributed by atoms with Crippen LogP contribution in [-0.2, 0) is 0 Å². The molecule has 0 fully saturated rings. The molecule has 0 aliphatic carbocycles. The zero-order valence-electron chi connectivity index (χ0n) is 12.5. The molecular formula is C16H14N4O4. The van der Waals surface area contributed by atoms with Gasteiger partial charge in [-0.25, -0.2) is 0 Å². The normalized spacial score (nSPS) is 11.7. The van der Waals surface area contributed by atoms with Crippen molar-refractivity contribution in [1.29, 1.82) is 0 Å². The lowest BCUT2D eigenvalue weighted by molar-refractivity contribution is -0.479. The Morgan fingerprint density at radius 2 is 1.04 bits per heavy atom. The lowest BCUT2D eigenvalue weighted by Crippen LogP contribution is -2.13. The summed E-state index contributed by atoms with van der Waals surface area (Å²) in [6, 6.07) is 17.3. The summed E-state index contributed by atoms with van der Waals surface area (Å²) in [4.78, 5) is 20.8. The molecule has 2 aromatic carbocycles. The van der Waals surface area contributed by atoms with Crippen LogP contribution in [-0.4, -0.2) is 9.85 Å². The monoisotopic (exact) mass is 326 g/mol. The highest BCUT2D eigenvalue weighted by atomic mass is 16.6. The fraction of sp³-hybridized carbons (Fsp3) is 0. The first-order valence-electron chi connectivity index (χ1n) is 6.90. The summed E-state index contributed by atoms with van der Waals surface area (Å²) < 4.78 is 0. The lowest BCUT2D eigenvalue weighted by atomic mass is 10.3. The molecule has 0 aliphatic heterocycles. The number of anilines is 2. The highest BCUT2D eigenvalue weighted by Gasteiger charge is 2.29. The molecule has 0 heterocycles. The standard InChI is InChI=1S/C16H14N4O4/c21-19(22)15(11-17-13-7-3-1-4-8-13)16(20(23)24)12-18-14-9-5-2-6-10-14/h1-12,17-18H/b15-11-,16-12-. The molecule has 0 saturated carbocycles. The van der Waals surface area contributed by atoms with Gasteiger partial charge in [0.05, 0.1) is 22.2 Å². The van der Waals surface area contributed by atoms with Crippen molar-refractivity contribution in [3.05, 3.63) is 105 Å². The molecular weight excluding hydrogens is 312 g/mol. The van der Waals surface area contributed by atoms with E-state index < -0.39 is 21.2 Å². The van der Waals surface area contributed by atoms with Crippen molar-refractivity contribution >= 4 is 11.4 Å². The molecule has 0 amide bonds. The van der Waals surface area contributed by atoms with Gasteiger partial charge in [0.2, 0.25) is 0 Å². The SMILES string of the molecule is O=[N+]([O-])C(=C\Nc1ccccc1)/C(=C/Nc1ccccc1)[N+](=O)[O-]. The number of nitro groups is 2. The fourth-order valence-corrected chi connectivity index (χ4v) is 1.81. The number of para-hydroxylation sites is 2. The molecule has 2 rings (SSSR count). The van der Waals surface area contributed by atoms with E-state index in [2.05, 4.69) is 10.6 Å². The number of benzene rings is 2. The molecule has 24 heavy (non-hydrogen) atoms. The topological polar surface area (TPSA) is 110 Å². The fourth-order valence-electron chi connectivity index (χ4n) is 1.81. The van der Waals surface area contributed by atoms with Crippen LogP contribution < -0.4 is 10.6 Å². The van der Waals surface area contributed by atoms with Crippen molar-refractivity contribution in [2.45, 2.75) is 0 Å². The maximum atomic E-state index is 11.2. The van der Waals surface area contributed by atoms with E-state index in [1.54, 1.807) is 60.7 Å². The second-order valence-corrected chi connectivity index (χ2v) is 4.59. The number of nitrogens with one attached hydrogen (secondary N) is 2. The van der Waals surface area contributed by atoms with E-state index in [4.69, 9.17) is 0 Å². The maximum absolute atomic E-state index is 11.2. The Bertz CT molecular complexity index is 706. The van der Waals surface area contributed by atoms with E-state index in [1.165, 1.54) is 0 Å². The van der Waals surface area contributed by atoms with Gasteiger partial charge in [-0.05, 0) is 24.3 Å². The summed E-state index contributed by atoms with van der Waals surface area (Å²) in [5.41, 5.74) is -0.161. The van der Waals surface area contributed by atoms with Crippen molar-refractivity contribution in [2.75, 3.05) is 10.6 Å². The number of hydrogen-bond donors (Lipinski definition) is 2. The molecule has 0 unspecified atom stereocenters. The average Bonchev–Trinajstić information content (AvgIpc) is 2.59. The van der Waals surface area contributed by atoms with Gasteiger partial charge in [-0.15, -0.1) is 0 Å². The Hall–Kier alpha value is -3.68. The van der Waals surface area contributed by atoms with Gasteiger partial charge >= 0.3 is 11.4 Å². The van der Waals surface area contributed by atoms with E-state index in [9.17, 15) is 20.2 Å². The number of nitrogens with zero attached hydrogens (tertiary/aromatic N) is 2. The van der Waals surface area contributed by atoms with Crippen molar-refractivity contribution in [3.63, 3.8) is 0 Å². The van der Waals surface area contributed by atoms with Gasteiger partial charge in [0, 0.05) is 11.4 Å². The second kappa shape index (κ2) is 8.08. The predicted octanol–water partition coefficient (Wildman–Crippen LogP) is 3.45. The van der Waals surface area contributed by atoms with Crippen LogP contribution in [0.25, 0.3) is 0 Å². The first-order chi connectivity index (χ1) is 11.6. The molecule has 0 aliphatic rings. The number of hydrogen-bond acceptors (Lipinski definition) is 6. The molecule has 0 aromatic heterocycles. The van der Waals surface area contributed by atoms with Gasteiger partial charge in [0.1, 0.15) is 0 Å². The van der Waals surface area contributed by atoms with Crippen molar-refractivity contribution in [2.24, 2.45) is 0 Å². The summed E-state index contributed by atoms with van der Waals surface area (Å²) in [5.74, 6) is 0. The van der Waals surface area contributed by atoms with E-state index in [1.807, 2.05) is 0 Å². The summed E-state index contributed by atoms with van der Waals surface area (Å²) >= 11 is 0. The quantitative estimate of drug-likeness (QED) is 0.458. The van der Waals surface area contributed by atoms with E-state index >= 15 is 0 Å². The zero-order valence-corrected chi connectivity index (χ0v) is 12.5. The van der Waals surface area contributed by atoms with Gasteiger partial charge in [-0.3, -0.25) is 20.2 Å². The minimum atomic E-state index is -0.808. The van der Waals surface area contributed by atoms with Crippen molar-refractivity contribution in [3.8, 4) is 0 Å². The number of rotatable bonds is 7. The highest BCUT2D eigenvalue weighted by molar-refractivity contribution is 5.48. The Labute approximate surface area is 137 Å².